The third-order valence-corrected chi connectivity index (χ3v) is 4.16. The number of hydrogen-bond donors (Lipinski definition) is 6. The third kappa shape index (κ3) is 4.54. The second-order valence-corrected chi connectivity index (χ2v) is 6.24. The molecule has 3 amide bonds. The van der Waals surface area contributed by atoms with Crippen molar-refractivity contribution in [2.75, 3.05) is 6.54 Å². The fourth-order valence-corrected chi connectivity index (χ4v) is 2.84. The van der Waals surface area contributed by atoms with Gasteiger partial charge in [-0.25, -0.2) is 4.39 Å². The van der Waals surface area contributed by atoms with E-state index in [9.17, 15) is 34.1 Å². The van der Waals surface area contributed by atoms with E-state index >= 15 is 0 Å². The molecule has 0 unspecified atom stereocenters. The Labute approximate surface area is 148 Å². The summed E-state index contributed by atoms with van der Waals surface area (Å²) >= 11 is 0. The molecule has 1 aromatic rings. The Morgan fingerprint density at radius 2 is 1.96 bits per heavy atom. The van der Waals surface area contributed by atoms with Crippen LogP contribution in [0.2, 0.25) is 0 Å². The van der Waals surface area contributed by atoms with E-state index in [1.165, 1.54) is 12.1 Å². The van der Waals surface area contributed by atoms with E-state index in [1.807, 2.05) is 0 Å². The van der Waals surface area contributed by atoms with Crippen LogP contribution in [-0.2, 0) is 9.59 Å². The first-order valence-corrected chi connectivity index (χ1v) is 7.84. The zero-order chi connectivity index (χ0) is 19.5. The van der Waals surface area contributed by atoms with Crippen molar-refractivity contribution in [3.63, 3.8) is 0 Å². The van der Waals surface area contributed by atoms with Crippen molar-refractivity contribution in [1.82, 2.24) is 10.6 Å². The van der Waals surface area contributed by atoms with Crippen LogP contribution in [0.15, 0.2) is 24.3 Å². The molecule has 2 rings (SSSR count). The highest BCUT2D eigenvalue weighted by Crippen LogP contribution is 2.29. The lowest BCUT2D eigenvalue weighted by atomic mass is 9.77. The van der Waals surface area contributed by atoms with Crippen molar-refractivity contribution in [2.45, 2.75) is 36.7 Å². The maximum absolute atomic E-state index is 13.2. The number of primary amides is 1. The van der Waals surface area contributed by atoms with Crippen molar-refractivity contribution >= 4 is 17.7 Å². The molecule has 1 aliphatic rings. The summed E-state index contributed by atoms with van der Waals surface area (Å²) in [5.41, 5.74) is 2.76. The lowest BCUT2D eigenvalue weighted by Crippen LogP contribution is -2.63. The molecule has 1 aliphatic carbocycles. The molecule has 0 heterocycles. The standard InChI is InChI=1S/C16H20FN3O6/c17-9-3-1-2-8(4-9)14(24)20-10-5-16(26,6-11(21)13(10)23)15(25)19-7-12(18)22/h1-4,10-11,13,21,23,26H,5-7H2,(H2,18,22)(H,19,25)(H,20,24)/t10-,11+,13+,16-/m0/s1. The van der Waals surface area contributed by atoms with Crippen LogP contribution >= 0.6 is 0 Å². The Balaban J connectivity index is 2.12. The fourth-order valence-electron chi connectivity index (χ4n) is 2.84. The third-order valence-electron chi connectivity index (χ3n) is 4.16. The Morgan fingerprint density at radius 3 is 2.58 bits per heavy atom. The number of carbonyl (C=O) groups is 3. The lowest BCUT2D eigenvalue weighted by molar-refractivity contribution is -0.158. The van der Waals surface area contributed by atoms with E-state index in [-0.39, 0.29) is 5.56 Å². The Kier molecular flexibility index (Phi) is 5.90. The second-order valence-electron chi connectivity index (χ2n) is 6.24. The number of nitrogens with one attached hydrogen (secondary N) is 2. The van der Waals surface area contributed by atoms with Crippen LogP contribution < -0.4 is 16.4 Å². The molecule has 1 aromatic carbocycles. The first-order valence-electron chi connectivity index (χ1n) is 7.84. The molecule has 0 radical (unpaired) electrons. The van der Waals surface area contributed by atoms with Gasteiger partial charge in [0.1, 0.15) is 17.5 Å². The summed E-state index contributed by atoms with van der Waals surface area (Å²) in [6.07, 6.45) is -3.87. The van der Waals surface area contributed by atoms with Crippen LogP contribution in [0.3, 0.4) is 0 Å². The number of aliphatic hydroxyl groups is 3. The lowest BCUT2D eigenvalue weighted by Gasteiger charge is -2.41. The number of carbonyl (C=O) groups excluding carboxylic acids is 3. The molecule has 1 fully saturated rings. The Morgan fingerprint density at radius 1 is 1.27 bits per heavy atom. The van der Waals surface area contributed by atoms with Crippen LogP contribution in [0.1, 0.15) is 23.2 Å². The minimum atomic E-state index is -2.13. The molecule has 0 saturated heterocycles. The van der Waals surface area contributed by atoms with Gasteiger partial charge in [0.15, 0.2) is 0 Å². The highest BCUT2D eigenvalue weighted by atomic mass is 19.1. The van der Waals surface area contributed by atoms with Gasteiger partial charge < -0.3 is 31.7 Å². The average molecular weight is 369 g/mol. The van der Waals surface area contributed by atoms with E-state index < -0.39 is 66.8 Å². The molecular weight excluding hydrogens is 349 g/mol. The van der Waals surface area contributed by atoms with E-state index in [0.717, 1.165) is 12.1 Å². The smallest absolute Gasteiger partial charge is 0.252 e. The summed E-state index contributed by atoms with van der Waals surface area (Å²) in [5.74, 6) is -3.17. The zero-order valence-corrected chi connectivity index (χ0v) is 13.7. The van der Waals surface area contributed by atoms with Crippen molar-refractivity contribution in [3.05, 3.63) is 35.6 Å². The number of amides is 3. The van der Waals surface area contributed by atoms with Crippen molar-refractivity contribution in [1.29, 1.82) is 0 Å². The van der Waals surface area contributed by atoms with Gasteiger partial charge >= 0.3 is 0 Å². The van der Waals surface area contributed by atoms with E-state index in [0.29, 0.717) is 0 Å². The molecule has 0 aliphatic heterocycles. The van der Waals surface area contributed by atoms with Gasteiger partial charge in [0, 0.05) is 18.4 Å². The number of hydrogen-bond acceptors (Lipinski definition) is 6. The molecule has 26 heavy (non-hydrogen) atoms. The number of aliphatic hydroxyl groups excluding tert-OH is 2. The number of rotatable bonds is 5. The maximum Gasteiger partial charge on any atom is 0.252 e. The van der Waals surface area contributed by atoms with Crippen LogP contribution in [0.5, 0.6) is 0 Å². The number of halogens is 1. The van der Waals surface area contributed by atoms with E-state index in [4.69, 9.17) is 5.73 Å². The number of benzene rings is 1. The molecule has 142 valence electrons. The first kappa shape index (κ1) is 19.8. The quantitative estimate of drug-likeness (QED) is 0.344. The van der Waals surface area contributed by atoms with E-state index in [1.54, 1.807) is 0 Å². The summed E-state index contributed by atoms with van der Waals surface area (Å²) in [4.78, 5) is 35.0. The molecule has 10 heteroatoms. The molecular formula is C16H20FN3O6. The molecule has 1 saturated carbocycles. The van der Waals surface area contributed by atoms with Gasteiger partial charge in [0.05, 0.1) is 18.7 Å². The van der Waals surface area contributed by atoms with Gasteiger partial charge in [-0.2, -0.15) is 0 Å². The minimum absolute atomic E-state index is 0.0287. The molecule has 0 bridgehead atoms. The van der Waals surface area contributed by atoms with Gasteiger partial charge in [-0.1, -0.05) is 6.07 Å². The topological polar surface area (TPSA) is 162 Å². The van der Waals surface area contributed by atoms with E-state index in [2.05, 4.69) is 10.6 Å². The monoisotopic (exact) mass is 369 g/mol. The molecule has 4 atom stereocenters. The first-order chi connectivity index (χ1) is 12.1. The summed E-state index contributed by atoms with van der Waals surface area (Å²) in [6, 6.07) is 3.61. The van der Waals surface area contributed by atoms with Gasteiger partial charge in [-0.3, -0.25) is 14.4 Å². The normalized spacial score (nSPS) is 28.2. The van der Waals surface area contributed by atoms with Crippen LogP contribution in [0.25, 0.3) is 0 Å². The summed E-state index contributed by atoms with van der Waals surface area (Å²) < 4.78 is 13.2. The fraction of sp³-hybridized carbons (Fsp3) is 0.438. The number of nitrogens with two attached hydrogens (primary N) is 1. The minimum Gasteiger partial charge on any atom is -0.390 e. The Bertz CT molecular complexity index is 715. The summed E-state index contributed by atoms with van der Waals surface area (Å²) in [6.45, 7) is -0.514. The molecule has 9 nitrogen and oxygen atoms in total. The summed E-state index contributed by atoms with van der Waals surface area (Å²) in [5, 5.41) is 35.0. The van der Waals surface area contributed by atoms with Crippen LogP contribution in [0.4, 0.5) is 4.39 Å². The molecule has 0 aromatic heterocycles. The molecule has 0 spiro atoms. The van der Waals surface area contributed by atoms with Gasteiger partial charge in [0.25, 0.3) is 11.8 Å². The SMILES string of the molecule is NC(=O)CNC(=O)[C@@]1(O)C[C@@H](O)[C@H](O)[C@@H](NC(=O)c2cccc(F)c2)C1. The highest BCUT2D eigenvalue weighted by molar-refractivity contribution is 5.94. The largest absolute Gasteiger partial charge is 0.390 e. The summed E-state index contributed by atoms with van der Waals surface area (Å²) in [7, 11) is 0. The Hall–Kier alpha value is -2.56. The van der Waals surface area contributed by atoms with Crippen molar-refractivity contribution in [3.8, 4) is 0 Å². The van der Waals surface area contributed by atoms with Gasteiger partial charge in [0.2, 0.25) is 5.91 Å². The van der Waals surface area contributed by atoms with Crippen molar-refractivity contribution < 1.29 is 34.1 Å². The maximum atomic E-state index is 13.2. The highest BCUT2D eigenvalue weighted by Gasteiger charge is 2.49. The average Bonchev–Trinajstić information content (AvgIpc) is 2.57. The van der Waals surface area contributed by atoms with Gasteiger partial charge in [-0.15, -0.1) is 0 Å². The second kappa shape index (κ2) is 7.77. The van der Waals surface area contributed by atoms with Crippen LogP contribution in [-0.4, -0.2) is 63.4 Å². The predicted octanol–water partition coefficient (Wildman–Crippen LogP) is -2.23. The van der Waals surface area contributed by atoms with Crippen LogP contribution in [0, 0.1) is 5.82 Å². The zero-order valence-electron chi connectivity index (χ0n) is 13.7. The predicted molar refractivity (Wildman–Crippen MR) is 86.1 cm³/mol. The molecule has 7 N–H and O–H groups in total. The van der Waals surface area contributed by atoms with Crippen molar-refractivity contribution in [2.24, 2.45) is 5.73 Å². The van der Waals surface area contributed by atoms with Gasteiger partial charge in [-0.05, 0) is 18.2 Å².